The number of esters is 1. The second-order valence-corrected chi connectivity index (χ2v) is 6.77. The molecule has 6 nitrogen and oxygen atoms in total. The van der Waals surface area contributed by atoms with Crippen LogP contribution in [0.15, 0.2) is 48.5 Å². The second kappa shape index (κ2) is 8.15. The monoisotopic (exact) mass is 395 g/mol. The number of anilines is 1. The highest BCUT2D eigenvalue weighted by molar-refractivity contribution is 6.32. The van der Waals surface area contributed by atoms with E-state index < -0.39 is 18.0 Å². The lowest BCUT2D eigenvalue weighted by Gasteiger charge is -2.15. The number of hydrogen-bond acceptors (Lipinski definition) is 4. The number of para-hydroxylation sites is 1. The highest BCUT2D eigenvalue weighted by atomic mass is 35.5. The molecule has 0 saturated carbocycles. The minimum atomic E-state index is -0.982. The summed E-state index contributed by atoms with van der Waals surface area (Å²) in [7, 11) is 0. The topological polar surface area (TPSA) is 84.1 Å². The highest BCUT2D eigenvalue weighted by Crippen LogP contribution is 2.21. The number of nitriles is 1. The molecule has 0 radical (unpaired) electrons. The molecule has 1 N–H and O–H groups in total. The number of aryl methyl sites for hydroxylation is 1. The van der Waals surface area contributed by atoms with Gasteiger partial charge in [-0.2, -0.15) is 5.26 Å². The molecule has 28 heavy (non-hydrogen) atoms. The maximum absolute atomic E-state index is 12.3. The maximum Gasteiger partial charge on any atom is 0.326 e. The first kappa shape index (κ1) is 19.5. The van der Waals surface area contributed by atoms with Crippen molar-refractivity contribution in [1.29, 1.82) is 5.26 Å². The number of nitrogens with zero attached hydrogens (tertiary/aromatic N) is 2. The van der Waals surface area contributed by atoms with E-state index in [2.05, 4.69) is 5.32 Å². The van der Waals surface area contributed by atoms with Crippen LogP contribution in [0.25, 0.3) is 10.9 Å². The van der Waals surface area contributed by atoms with Crippen LogP contribution >= 0.6 is 11.6 Å². The Hall–Kier alpha value is -3.30. The number of ether oxygens (including phenoxy) is 1. The summed E-state index contributed by atoms with van der Waals surface area (Å²) in [5, 5.41) is 12.8. The molecule has 1 aromatic heterocycles. The normalized spacial score (nSPS) is 11.6. The lowest BCUT2D eigenvalue weighted by Crippen LogP contribution is -2.31. The summed E-state index contributed by atoms with van der Waals surface area (Å²) in [4.78, 5) is 24.6. The zero-order valence-electron chi connectivity index (χ0n) is 15.4. The number of carbonyl (C=O) groups is 2. The van der Waals surface area contributed by atoms with Gasteiger partial charge in [-0.05, 0) is 49.6 Å². The summed E-state index contributed by atoms with van der Waals surface area (Å²) < 4.78 is 7.13. The van der Waals surface area contributed by atoms with Crippen molar-refractivity contribution in [3.8, 4) is 6.07 Å². The zero-order valence-corrected chi connectivity index (χ0v) is 16.2. The largest absolute Gasteiger partial charge is 0.451 e. The molecule has 1 heterocycles. The Kier molecular flexibility index (Phi) is 5.67. The Balaban J connectivity index is 1.63. The van der Waals surface area contributed by atoms with E-state index in [1.807, 2.05) is 47.9 Å². The molecule has 3 rings (SSSR count). The number of carbonyl (C=O) groups excluding carboxylic acids is 2. The number of nitrogens with one attached hydrogen (secondary N) is 1. The molecule has 7 heteroatoms. The molecule has 2 aromatic carbocycles. The summed E-state index contributed by atoms with van der Waals surface area (Å²) in [6.07, 6.45) is -0.982. The molecule has 0 aliphatic rings. The van der Waals surface area contributed by atoms with Crippen molar-refractivity contribution >= 4 is 40.1 Å². The Morgan fingerprint density at radius 2 is 2.00 bits per heavy atom. The van der Waals surface area contributed by atoms with Gasteiger partial charge in [-0.3, -0.25) is 9.59 Å². The third-order valence-electron chi connectivity index (χ3n) is 4.34. The van der Waals surface area contributed by atoms with Gasteiger partial charge >= 0.3 is 5.97 Å². The van der Waals surface area contributed by atoms with Gasteiger partial charge in [0.05, 0.1) is 10.6 Å². The molecule has 0 saturated heterocycles. The fourth-order valence-electron chi connectivity index (χ4n) is 2.90. The van der Waals surface area contributed by atoms with Gasteiger partial charge in [0.1, 0.15) is 12.6 Å². The van der Waals surface area contributed by atoms with Crippen molar-refractivity contribution in [2.45, 2.75) is 26.5 Å². The first-order valence-electron chi connectivity index (χ1n) is 8.64. The number of aromatic nitrogens is 1. The van der Waals surface area contributed by atoms with Gasteiger partial charge in [0, 0.05) is 16.9 Å². The van der Waals surface area contributed by atoms with E-state index in [0.29, 0.717) is 11.3 Å². The van der Waals surface area contributed by atoms with Gasteiger partial charge in [0.25, 0.3) is 5.91 Å². The van der Waals surface area contributed by atoms with Crippen molar-refractivity contribution in [1.82, 2.24) is 4.57 Å². The average Bonchev–Trinajstić information content (AvgIpc) is 2.97. The van der Waals surface area contributed by atoms with Crippen LogP contribution in [0.3, 0.4) is 0 Å². The number of halogens is 1. The number of hydrogen-bond donors (Lipinski definition) is 1. The molecule has 3 aromatic rings. The van der Waals surface area contributed by atoms with Gasteiger partial charge in [0.2, 0.25) is 0 Å². The standard InChI is InChI=1S/C21H18ClN3O3/c1-13-9-15-5-3-4-6-19(15)25(13)12-20(26)28-14(2)21(27)24-17-8-7-16(11-23)18(22)10-17/h3-10,14H,12H2,1-2H3,(H,24,27). The SMILES string of the molecule is Cc1cc2ccccc2n1CC(=O)OC(C)C(=O)Nc1ccc(C#N)c(Cl)c1. The lowest BCUT2D eigenvalue weighted by molar-refractivity contribution is -0.153. The summed E-state index contributed by atoms with van der Waals surface area (Å²) in [6.45, 7) is 3.43. The van der Waals surface area contributed by atoms with Crippen LogP contribution in [0, 0.1) is 18.3 Å². The minimum absolute atomic E-state index is 0.0136. The highest BCUT2D eigenvalue weighted by Gasteiger charge is 2.19. The van der Waals surface area contributed by atoms with Crippen molar-refractivity contribution < 1.29 is 14.3 Å². The second-order valence-electron chi connectivity index (χ2n) is 6.36. The molecule has 0 fully saturated rings. The van der Waals surface area contributed by atoms with Crippen LogP contribution < -0.4 is 5.32 Å². The lowest BCUT2D eigenvalue weighted by atomic mass is 10.2. The van der Waals surface area contributed by atoms with Crippen molar-refractivity contribution in [2.75, 3.05) is 5.32 Å². The molecule has 142 valence electrons. The van der Waals surface area contributed by atoms with Crippen LogP contribution in [0.5, 0.6) is 0 Å². The fraction of sp³-hybridized carbons (Fsp3) is 0.190. The van der Waals surface area contributed by atoms with Gasteiger partial charge in [0.15, 0.2) is 6.10 Å². The van der Waals surface area contributed by atoms with E-state index in [9.17, 15) is 9.59 Å². The van der Waals surface area contributed by atoms with Gasteiger partial charge in [-0.15, -0.1) is 0 Å². The number of fused-ring (bicyclic) bond motifs is 1. The first-order valence-corrected chi connectivity index (χ1v) is 9.01. The Labute approximate surface area is 167 Å². The Morgan fingerprint density at radius 1 is 1.25 bits per heavy atom. The quantitative estimate of drug-likeness (QED) is 0.660. The first-order chi connectivity index (χ1) is 13.4. The molecule has 0 aliphatic carbocycles. The predicted molar refractivity (Wildman–Crippen MR) is 107 cm³/mol. The molecule has 1 atom stereocenters. The van der Waals surface area contributed by atoms with E-state index in [1.54, 1.807) is 6.07 Å². The van der Waals surface area contributed by atoms with Gasteiger partial charge in [-0.25, -0.2) is 0 Å². The molecular weight excluding hydrogens is 378 g/mol. The van der Waals surface area contributed by atoms with E-state index in [-0.39, 0.29) is 11.6 Å². The smallest absolute Gasteiger partial charge is 0.326 e. The van der Waals surface area contributed by atoms with Crippen molar-refractivity contribution in [2.24, 2.45) is 0 Å². The van der Waals surface area contributed by atoms with Gasteiger partial charge < -0.3 is 14.6 Å². The average molecular weight is 396 g/mol. The van der Waals surface area contributed by atoms with Crippen molar-refractivity contribution in [3.05, 3.63) is 64.8 Å². The van der Waals surface area contributed by atoms with E-state index in [1.165, 1.54) is 19.1 Å². The molecule has 0 aliphatic heterocycles. The molecular formula is C21H18ClN3O3. The van der Waals surface area contributed by atoms with E-state index in [0.717, 1.165) is 16.6 Å². The van der Waals surface area contributed by atoms with E-state index in [4.69, 9.17) is 21.6 Å². The maximum atomic E-state index is 12.3. The van der Waals surface area contributed by atoms with Gasteiger partial charge in [-0.1, -0.05) is 29.8 Å². The number of benzene rings is 2. The van der Waals surface area contributed by atoms with Crippen LogP contribution in [-0.2, 0) is 20.9 Å². The summed E-state index contributed by atoms with van der Waals surface area (Å²) in [5.41, 5.74) is 2.60. The van der Waals surface area contributed by atoms with Crippen LogP contribution in [0.1, 0.15) is 18.2 Å². The summed E-state index contributed by atoms with van der Waals surface area (Å²) >= 11 is 5.96. The summed E-state index contributed by atoms with van der Waals surface area (Å²) in [5.74, 6) is -0.992. The van der Waals surface area contributed by atoms with Crippen molar-refractivity contribution in [3.63, 3.8) is 0 Å². The molecule has 0 spiro atoms. The summed E-state index contributed by atoms with van der Waals surface area (Å²) in [6, 6.07) is 16.2. The zero-order chi connectivity index (χ0) is 20.3. The molecule has 0 bridgehead atoms. The Bertz CT molecular complexity index is 1100. The third-order valence-corrected chi connectivity index (χ3v) is 4.65. The fourth-order valence-corrected chi connectivity index (χ4v) is 3.13. The predicted octanol–water partition coefficient (Wildman–Crippen LogP) is 4.05. The van der Waals surface area contributed by atoms with Crippen LogP contribution in [-0.4, -0.2) is 22.5 Å². The van der Waals surface area contributed by atoms with Crippen LogP contribution in [0.4, 0.5) is 5.69 Å². The molecule has 1 unspecified atom stereocenters. The third kappa shape index (κ3) is 4.16. The Morgan fingerprint density at radius 3 is 2.71 bits per heavy atom. The van der Waals surface area contributed by atoms with E-state index >= 15 is 0 Å². The van der Waals surface area contributed by atoms with Crippen LogP contribution in [0.2, 0.25) is 5.02 Å². The molecule has 1 amide bonds. The number of amides is 1. The minimum Gasteiger partial charge on any atom is -0.451 e. The number of rotatable bonds is 5.